The fraction of sp³-hybridized carbons (Fsp3) is 0.300. The molecule has 3 rings (SSSR count). The second-order valence-electron chi connectivity index (χ2n) is 6.68. The minimum absolute atomic E-state index is 0.147. The highest BCUT2D eigenvalue weighted by atomic mass is 19.1. The number of nitrogens with zero attached hydrogens (tertiary/aromatic N) is 2. The smallest absolute Gasteiger partial charge is 0.321 e. The van der Waals surface area contributed by atoms with E-state index in [1.807, 2.05) is 6.07 Å². The predicted octanol–water partition coefficient (Wildman–Crippen LogP) is 2.71. The van der Waals surface area contributed by atoms with Crippen LogP contribution in [0.3, 0.4) is 0 Å². The fourth-order valence-corrected chi connectivity index (χ4v) is 3.09. The molecule has 2 aromatic carbocycles. The Balaban J connectivity index is 1.84. The summed E-state index contributed by atoms with van der Waals surface area (Å²) in [5, 5.41) is 6.00. The molecule has 6 nitrogen and oxygen atoms in total. The number of piperazine rings is 1. The predicted molar refractivity (Wildman–Crippen MR) is 102 cm³/mol. The number of hydrogen-bond acceptors (Lipinski definition) is 3. The minimum atomic E-state index is -0.320. The molecule has 0 saturated carbocycles. The minimum Gasteiger partial charge on any atom is -0.331 e. The maximum absolute atomic E-state index is 13.6. The lowest BCUT2D eigenvalue weighted by molar-refractivity contribution is 0.0634. The quantitative estimate of drug-likeness (QED) is 0.873. The molecule has 7 heteroatoms. The lowest BCUT2D eigenvalue weighted by Gasteiger charge is -2.36. The van der Waals surface area contributed by atoms with Crippen molar-refractivity contribution in [2.24, 2.45) is 0 Å². The third kappa shape index (κ3) is 4.43. The summed E-state index contributed by atoms with van der Waals surface area (Å²) in [4.78, 5) is 28.1. The Labute approximate surface area is 158 Å². The van der Waals surface area contributed by atoms with Crippen LogP contribution in [-0.4, -0.2) is 55.5 Å². The van der Waals surface area contributed by atoms with Crippen molar-refractivity contribution in [1.82, 2.24) is 15.1 Å². The molecular weight excluding hydrogens is 347 g/mol. The van der Waals surface area contributed by atoms with Gasteiger partial charge in [0.1, 0.15) is 5.82 Å². The van der Waals surface area contributed by atoms with Crippen molar-refractivity contribution in [3.63, 3.8) is 0 Å². The number of amides is 3. The molecule has 1 unspecified atom stereocenters. The second-order valence-corrected chi connectivity index (χ2v) is 6.68. The summed E-state index contributed by atoms with van der Waals surface area (Å²) in [6.45, 7) is 1.76. The lowest BCUT2D eigenvalue weighted by atomic mass is 10.0. The molecule has 0 spiro atoms. The van der Waals surface area contributed by atoms with E-state index in [0.717, 1.165) is 5.56 Å². The average molecular weight is 370 g/mol. The van der Waals surface area contributed by atoms with Gasteiger partial charge in [0.05, 0.1) is 6.04 Å². The van der Waals surface area contributed by atoms with Crippen molar-refractivity contribution in [3.8, 4) is 0 Å². The van der Waals surface area contributed by atoms with Gasteiger partial charge < -0.3 is 20.4 Å². The van der Waals surface area contributed by atoms with Gasteiger partial charge in [0.15, 0.2) is 0 Å². The van der Waals surface area contributed by atoms with Gasteiger partial charge in [-0.3, -0.25) is 4.79 Å². The number of benzene rings is 2. The fourth-order valence-electron chi connectivity index (χ4n) is 3.09. The zero-order valence-corrected chi connectivity index (χ0v) is 15.4. The molecule has 1 atom stereocenters. The third-order valence-electron chi connectivity index (χ3n) is 4.50. The summed E-state index contributed by atoms with van der Waals surface area (Å²) in [6.07, 6.45) is 0. The average Bonchev–Trinajstić information content (AvgIpc) is 2.67. The topological polar surface area (TPSA) is 64.7 Å². The van der Waals surface area contributed by atoms with E-state index in [4.69, 9.17) is 0 Å². The highest BCUT2D eigenvalue weighted by molar-refractivity contribution is 5.97. The molecule has 1 aliphatic heterocycles. The Bertz CT molecular complexity index is 840. The summed E-state index contributed by atoms with van der Waals surface area (Å²) in [5.74, 6) is -0.467. The van der Waals surface area contributed by atoms with Crippen molar-refractivity contribution in [2.75, 3.05) is 39.0 Å². The molecule has 3 amide bonds. The Morgan fingerprint density at radius 2 is 1.96 bits per heavy atom. The maximum Gasteiger partial charge on any atom is 0.321 e. The standard InChI is InChI=1S/C20H23FN4O2/c1-24(2)20(27)23-17-8-4-6-15(12-17)19(26)25-10-9-22-13-18(25)14-5-3-7-16(21)11-14/h3-8,11-12,18,22H,9-10,13H2,1-2H3,(H,23,27). The molecule has 1 saturated heterocycles. The highest BCUT2D eigenvalue weighted by Crippen LogP contribution is 2.25. The number of halogens is 1. The maximum atomic E-state index is 13.6. The van der Waals surface area contributed by atoms with Crippen LogP contribution in [0.5, 0.6) is 0 Å². The van der Waals surface area contributed by atoms with E-state index in [0.29, 0.717) is 30.9 Å². The zero-order valence-electron chi connectivity index (χ0n) is 15.4. The first-order chi connectivity index (χ1) is 13.0. The largest absolute Gasteiger partial charge is 0.331 e. The molecule has 1 aliphatic rings. The van der Waals surface area contributed by atoms with E-state index in [1.165, 1.54) is 17.0 Å². The Morgan fingerprint density at radius 1 is 1.19 bits per heavy atom. The summed E-state index contributed by atoms with van der Waals surface area (Å²) in [6, 6.07) is 12.7. The lowest BCUT2D eigenvalue weighted by Crippen LogP contribution is -2.48. The number of nitrogens with one attached hydrogen (secondary N) is 2. The zero-order chi connectivity index (χ0) is 19.4. The molecule has 2 N–H and O–H groups in total. The van der Waals surface area contributed by atoms with Crippen molar-refractivity contribution in [3.05, 3.63) is 65.5 Å². The summed E-state index contributed by atoms with van der Waals surface area (Å²) < 4.78 is 13.6. The Kier molecular flexibility index (Phi) is 5.71. The molecule has 0 radical (unpaired) electrons. The SMILES string of the molecule is CN(C)C(=O)Nc1cccc(C(=O)N2CCNCC2c2cccc(F)c2)c1. The Morgan fingerprint density at radius 3 is 2.70 bits per heavy atom. The van der Waals surface area contributed by atoms with E-state index >= 15 is 0 Å². The first kappa shape index (κ1) is 18.8. The van der Waals surface area contributed by atoms with Gasteiger partial charge in [-0.2, -0.15) is 0 Å². The number of carbonyl (C=O) groups is 2. The molecule has 0 aromatic heterocycles. The van der Waals surface area contributed by atoms with Gasteiger partial charge in [-0.05, 0) is 35.9 Å². The molecule has 142 valence electrons. The van der Waals surface area contributed by atoms with Crippen LogP contribution in [-0.2, 0) is 0 Å². The number of carbonyl (C=O) groups excluding carboxylic acids is 2. The van der Waals surface area contributed by atoms with Crippen molar-refractivity contribution >= 4 is 17.6 Å². The molecule has 27 heavy (non-hydrogen) atoms. The van der Waals surface area contributed by atoms with Crippen LogP contribution in [0, 0.1) is 5.82 Å². The highest BCUT2D eigenvalue weighted by Gasteiger charge is 2.29. The van der Waals surface area contributed by atoms with Crippen LogP contribution in [0.4, 0.5) is 14.9 Å². The van der Waals surface area contributed by atoms with E-state index in [9.17, 15) is 14.0 Å². The second kappa shape index (κ2) is 8.18. The van der Waals surface area contributed by atoms with Crippen LogP contribution in [0.2, 0.25) is 0 Å². The first-order valence-electron chi connectivity index (χ1n) is 8.81. The van der Waals surface area contributed by atoms with E-state index < -0.39 is 0 Å². The van der Waals surface area contributed by atoms with Gasteiger partial charge in [-0.1, -0.05) is 18.2 Å². The number of rotatable bonds is 3. The normalized spacial score (nSPS) is 16.7. The van der Waals surface area contributed by atoms with Gasteiger partial charge >= 0.3 is 6.03 Å². The van der Waals surface area contributed by atoms with Crippen LogP contribution >= 0.6 is 0 Å². The van der Waals surface area contributed by atoms with Crippen LogP contribution < -0.4 is 10.6 Å². The number of urea groups is 1. The third-order valence-corrected chi connectivity index (χ3v) is 4.50. The van der Waals surface area contributed by atoms with Crippen LogP contribution in [0.25, 0.3) is 0 Å². The van der Waals surface area contributed by atoms with Gasteiger partial charge in [-0.15, -0.1) is 0 Å². The van der Waals surface area contributed by atoms with Gasteiger partial charge in [0.25, 0.3) is 5.91 Å². The summed E-state index contributed by atoms with van der Waals surface area (Å²) >= 11 is 0. The van der Waals surface area contributed by atoms with Crippen molar-refractivity contribution in [1.29, 1.82) is 0 Å². The van der Waals surface area contributed by atoms with E-state index in [1.54, 1.807) is 49.3 Å². The van der Waals surface area contributed by atoms with Gasteiger partial charge in [0.2, 0.25) is 0 Å². The van der Waals surface area contributed by atoms with Gasteiger partial charge in [0, 0.05) is 45.0 Å². The molecule has 2 aromatic rings. The molecule has 0 aliphatic carbocycles. The van der Waals surface area contributed by atoms with Gasteiger partial charge in [-0.25, -0.2) is 9.18 Å². The first-order valence-corrected chi connectivity index (χ1v) is 8.81. The Hall–Kier alpha value is -2.93. The summed E-state index contributed by atoms with van der Waals surface area (Å²) in [7, 11) is 3.29. The van der Waals surface area contributed by atoms with Crippen molar-refractivity contribution < 1.29 is 14.0 Å². The molecule has 1 fully saturated rings. The number of anilines is 1. The van der Waals surface area contributed by atoms with Crippen molar-refractivity contribution in [2.45, 2.75) is 6.04 Å². The molecule has 1 heterocycles. The van der Waals surface area contributed by atoms with Crippen LogP contribution in [0.15, 0.2) is 48.5 Å². The molecular formula is C20H23FN4O2. The van der Waals surface area contributed by atoms with E-state index in [-0.39, 0.29) is 23.8 Å². The molecule has 0 bridgehead atoms. The summed E-state index contributed by atoms with van der Waals surface area (Å²) in [5.41, 5.74) is 1.79. The monoisotopic (exact) mass is 370 g/mol. The number of hydrogen-bond donors (Lipinski definition) is 2. The van der Waals surface area contributed by atoms with E-state index in [2.05, 4.69) is 10.6 Å². The van der Waals surface area contributed by atoms with Crippen LogP contribution in [0.1, 0.15) is 22.0 Å².